The van der Waals surface area contributed by atoms with Gasteiger partial charge in [0.25, 0.3) is 0 Å². The fraction of sp³-hybridized carbons (Fsp3) is 0.333. The zero-order valence-corrected chi connectivity index (χ0v) is 9.57. The second-order valence-electron chi connectivity index (χ2n) is 3.24. The first-order valence-electron chi connectivity index (χ1n) is 4.96. The van der Waals surface area contributed by atoms with Gasteiger partial charge in [0.15, 0.2) is 0 Å². The van der Waals surface area contributed by atoms with E-state index < -0.39 is 5.97 Å². The van der Waals surface area contributed by atoms with Crippen LogP contribution in [0.25, 0.3) is 0 Å². The number of hydrogen-bond donors (Lipinski definition) is 0. The van der Waals surface area contributed by atoms with E-state index in [-0.39, 0.29) is 5.97 Å². The first-order valence-corrected chi connectivity index (χ1v) is 4.96. The van der Waals surface area contributed by atoms with Gasteiger partial charge in [0, 0.05) is 0 Å². The maximum absolute atomic E-state index is 11.5. The van der Waals surface area contributed by atoms with Crippen molar-refractivity contribution in [1.82, 2.24) is 0 Å². The molecule has 0 heterocycles. The highest BCUT2D eigenvalue weighted by molar-refractivity contribution is 5.94. The average molecular weight is 222 g/mol. The molecule has 0 N–H and O–H groups in total. The molecule has 0 spiro atoms. The van der Waals surface area contributed by atoms with Crippen molar-refractivity contribution in [3.63, 3.8) is 0 Å². The van der Waals surface area contributed by atoms with E-state index >= 15 is 0 Å². The van der Waals surface area contributed by atoms with E-state index in [0.717, 1.165) is 0 Å². The molecule has 1 aromatic rings. The lowest BCUT2D eigenvalue weighted by atomic mass is 10.1. The van der Waals surface area contributed by atoms with Crippen LogP contribution in [0.5, 0.6) is 0 Å². The van der Waals surface area contributed by atoms with Gasteiger partial charge in [-0.05, 0) is 37.6 Å². The third-order valence-corrected chi connectivity index (χ3v) is 2.14. The molecule has 0 fully saturated rings. The topological polar surface area (TPSA) is 52.6 Å². The van der Waals surface area contributed by atoms with Crippen LogP contribution in [0, 0.1) is 6.92 Å². The summed E-state index contributed by atoms with van der Waals surface area (Å²) in [5.41, 5.74) is 1.59. The van der Waals surface area contributed by atoms with Gasteiger partial charge < -0.3 is 9.47 Å². The van der Waals surface area contributed by atoms with Crippen molar-refractivity contribution < 1.29 is 19.1 Å². The Kier molecular flexibility index (Phi) is 4.05. The van der Waals surface area contributed by atoms with E-state index in [1.54, 1.807) is 32.0 Å². The van der Waals surface area contributed by atoms with E-state index in [4.69, 9.17) is 4.74 Å². The number of esters is 2. The summed E-state index contributed by atoms with van der Waals surface area (Å²) in [6.45, 7) is 3.83. The summed E-state index contributed by atoms with van der Waals surface area (Å²) in [4.78, 5) is 22.7. The molecule has 0 unspecified atom stereocenters. The first kappa shape index (κ1) is 12.2. The molecular weight excluding hydrogens is 208 g/mol. The number of ether oxygens (including phenoxy) is 2. The van der Waals surface area contributed by atoms with Gasteiger partial charge in [0.2, 0.25) is 0 Å². The van der Waals surface area contributed by atoms with Gasteiger partial charge >= 0.3 is 11.9 Å². The number of aryl methyl sites for hydroxylation is 1. The van der Waals surface area contributed by atoms with E-state index in [9.17, 15) is 9.59 Å². The molecule has 0 radical (unpaired) electrons. The van der Waals surface area contributed by atoms with Crippen molar-refractivity contribution in [1.29, 1.82) is 0 Å². The molecule has 16 heavy (non-hydrogen) atoms. The van der Waals surface area contributed by atoms with Crippen LogP contribution in [0.1, 0.15) is 33.2 Å². The van der Waals surface area contributed by atoms with Crippen molar-refractivity contribution in [2.45, 2.75) is 13.8 Å². The average Bonchev–Trinajstić information content (AvgIpc) is 2.28. The summed E-state index contributed by atoms with van der Waals surface area (Å²) in [7, 11) is 1.32. The predicted octanol–water partition coefficient (Wildman–Crippen LogP) is 1.96. The van der Waals surface area contributed by atoms with Crippen LogP contribution in [0.2, 0.25) is 0 Å². The maximum atomic E-state index is 11.5. The van der Waals surface area contributed by atoms with E-state index in [1.807, 2.05) is 0 Å². The van der Waals surface area contributed by atoms with Gasteiger partial charge in [0.1, 0.15) is 0 Å². The summed E-state index contributed by atoms with van der Waals surface area (Å²) in [6.07, 6.45) is 0. The summed E-state index contributed by atoms with van der Waals surface area (Å²) < 4.78 is 9.46. The molecule has 0 saturated carbocycles. The second-order valence-corrected chi connectivity index (χ2v) is 3.24. The third kappa shape index (κ3) is 2.59. The number of methoxy groups -OCH3 is 1. The van der Waals surface area contributed by atoms with Crippen LogP contribution in [0.15, 0.2) is 18.2 Å². The minimum atomic E-state index is -0.418. The van der Waals surface area contributed by atoms with Gasteiger partial charge in [-0.15, -0.1) is 0 Å². The van der Waals surface area contributed by atoms with Crippen LogP contribution in [0.3, 0.4) is 0 Å². The molecule has 0 bridgehead atoms. The third-order valence-electron chi connectivity index (χ3n) is 2.14. The Balaban J connectivity index is 3.00. The molecule has 0 aliphatic rings. The van der Waals surface area contributed by atoms with Crippen LogP contribution < -0.4 is 0 Å². The summed E-state index contributed by atoms with van der Waals surface area (Å²) >= 11 is 0. The number of hydrogen-bond acceptors (Lipinski definition) is 4. The van der Waals surface area contributed by atoms with Crippen LogP contribution >= 0.6 is 0 Å². The van der Waals surface area contributed by atoms with Gasteiger partial charge in [-0.2, -0.15) is 0 Å². The normalized spacial score (nSPS) is 9.69. The predicted molar refractivity (Wildman–Crippen MR) is 58.5 cm³/mol. The standard InChI is InChI=1S/C12H14O4/c1-4-16-12(14)10-6-5-9(7-8(10)2)11(13)15-3/h5-7H,4H2,1-3H3. The Morgan fingerprint density at radius 2 is 1.94 bits per heavy atom. The molecule has 0 amide bonds. The highest BCUT2D eigenvalue weighted by Gasteiger charge is 2.12. The smallest absolute Gasteiger partial charge is 0.338 e. The fourth-order valence-electron chi connectivity index (χ4n) is 1.35. The number of carbonyl (C=O) groups is 2. The molecule has 4 nitrogen and oxygen atoms in total. The van der Waals surface area contributed by atoms with Gasteiger partial charge in [-0.1, -0.05) is 0 Å². The van der Waals surface area contributed by atoms with Crippen molar-refractivity contribution in [2.75, 3.05) is 13.7 Å². The van der Waals surface area contributed by atoms with Gasteiger partial charge in [-0.25, -0.2) is 9.59 Å². The lowest BCUT2D eigenvalue weighted by molar-refractivity contribution is 0.0523. The Bertz CT molecular complexity index is 409. The lowest BCUT2D eigenvalue weighted by Crippen LogP contribution is -2.08. The molecule has 4 heteroatoms. The molecule has 0 aliphatic heterocycles. The van der Waals surface area contributed by atoms with Crippen LogP contribution in [-0.2, 0) is 9.47 Å². The Hall–Kier alpha value is -1.84. The minimum absolute atomic E-state index is 0.330. The quantitative estimate of drug-likeness (QED) is 0.733. The minimum Gasteiger partial charge on any atom is -0.465 e. The monoisotopic (exact) mass is 222 g/mol. The first-order chi connectivity index (χ1) is 7.60. The molecule has 0 aliphatic carbocycles. The molecule has 1 aromatic carbocycles. The Morgan fingerprint density at radius 3 is 2.44 bits per heavy atom. The molecule has 1 rings (SSSR count). The lowest BCUT2D eigenvalue weighted by Gasteiger charge is -2.06. The highest BCUT2D eigenvalue weighted by atomic mass is 16.5. The van der Waals surface area contributed by atoms with Crippen molar-refractivity contribution in [3.05, 3.63) is 34.9 Å². The number of rotatable bonds is 3. The molecular formula is C12H14O4. The zero-order chi connectivity index (χ0) is 12.1. The van der Waals surface area contributed by atoms with Crippen LogP contribution in [-0.4, -0.2) is 25.7 Å². The van der Waals surface area contributed by atoms with Crippen molar-refractivity contribution in [3.8, 4) is 0 Å². The molecule has 0 aromatic heterocycles. The maximum Gasteiger partial charge on any atom is 0.338 e. The van der Waals surface area contributed by atoms with Crippen molar-refractivity contribution >= 4 is 11.9 Å². The number of benzene rings is 1. The number of carbonyl (C=O) groups excluding carboxylic acids is 2. The largest absolute Gasteiger partial charge is 0.465 e. The zero-order valence-electron chi connectivity index (χ0n) is 9.57. The summed E-state index contributed by atoms with van der Waals surface area (Å²) in [6, 6.07) is 4.72. The Morgan fingerprint density at radius 1 is 1.25 bits per heavy atom. The van der Waals surface area contributed by atoms with Crippen molar-refractivity contribution in [2.24, 2.45) is 0 Å². The van der Waals surface area contributed by atoms with Gasteiger partial charge in [-0.3, -0.25) is 0 Å². The second kappa shape index (κ2) is 5.30. The van der Waals surface area contributed by atoms with E-state index in [2.05, 4.69) is 4.74 Å². The van der Waals surface area contributed by atoms with Crippen LogP contribution in [0.4, 0.5) is 0 Å². The summed E-state index contributed by atoms with van der Waals surface area (Å²) in [5.74, 6) is -0.796. The molecule has 0 saturated heterocycles. The molecule has 86 valence electrons. The SMILES string of the molecule is CCOC(=O)c1ccc(C(=O)OC)cc1C. The van der Waals surface area contributed by atoms with E-state index in [0.29, 0.717) is 23.3 Å². The van der Waals surface area contributed by atoms with Gasteiger partial charge in [0.05, 0.1) is 24.8 Å². The fourth-order valence-corrected chi connectivity index (χ4v) is 1.35. The van der Waals surface area contributed by atoms with E-state index in [1.165, 1.54) is 7.11 Å². The molecule has 0 atom stereocenters. The highest BCUT2D eigenvalue weighted by Crippen LogP contribution is 2.13. The summed E-state index contributed by atoms with van der Waals surface area (Å²) in [5, 5.41) is 0. The Labute approximate surface area is 94.2 Å².